The van der Waals surface area contributed by atoms with E-state index < -0.39 is 0 Å². The molecule has 36 heavy (non-hydrogen) atoms. The second-order valence-electron chi connectivity index (χ2n) is 9.37. The van der Waals surface area contributed by atoms with E-state index in [2.05, 4.69) is 24.8 Å². The summed E-state index contributed by atoms with van der Waals surface area (Å²) in [7, 11) is 0. The highest BCUT2D eigenvalue weighted by molar-refractivity contribution is 5.74. The van der Waals surface area contributed by atoms with Gasteiger partial charge in [0.25, 0.3) is 5.56 Å². The maximum absolute atomic E-state index is 13.0. The molecule has 6 heterocycles. The van der Waals surface area contributed by atoms with Gasteiger partial charge in [-0.1, -0.05) is 6.07 Å². The molecule has 0 aromatic carbocycles. The van der Waals surface area contributed by atoms with Gasteiger partial charge in [-0.3, -0.25) is 13.8 Å². The minimum Gasteiger partial charge on any atom is -0.467 e. The molecular weight excluding hydrogens is 454 g/mol. The van der Waals surface area contributed by atoms with Gasteiger partial charge >= 0.3 is 0 Å². The van der Waals surface area contributed by atoms with Gasteiger partial charge in [0.05, 0.1) is 12.8 Å². The molecule has 6 rings (SSSR count). The van der Waals surface area contributed by atoms with E-state index in [0.29, 0.717) is 24.7 Å². The summed E-state index contributed by atoms with van der Waals surface area (Å²) >= 11 is 0. The Morgan fingerprint density at radius 2 is 1.97 bits per heavy atom. The summed E-state index contributed by atoms with van der Waals surface area (Å²) in [6.07, 6.45) is 7.99. The van der Waals surface area contributed by atoms with Crippen molar-refractivity contribution in [1.29, 1.82) is 0 Å². The van der Waals surface area contributed by atoms with Crippen molar-refractivity contribution in [3.8, 4) is 0 Å². The second kappa shape index (κ2) is 9.58. The van der Waals surface area contributed by atoms with Gasteiger partial charge in [-0.25, -0.2) is 15.0 Å². The van der Waals surface area contributed by atoms with Gasteiger partial charge in [0.15, 0.2) is 5.65 Å². The number of aryl methyl sites for hydroxylation is 1. The van der Waals surface area contributed by atoms with Crippen molar-refractivity contribution < 1.29 is 4.42 Å². The standard InChI is InChI=1S/C27H29N7O2/c1-19-22(26(35)33-13-3-2-8-24(33)29-19)11-16-32-14-9-20(10-15-32)30-27-31-23-7-4-12-28-25(23)34(27)18-21-6-5-17-36-21/h2-8,12-13,17,20H,9-11,14-16,18H2,1H3,(H,30,31). The minimum absolute atomic E-state index is 0.0405. The van der Waals surface area contributed by atoms with Crippen LogP contribution in [0.3, 0.4) is 0 Å². The fraction of sp³-hybridized carbons (Fsp3) is 0.333. The van der Waals surface area contributed by atoms with Crippen molar-refractivity contribution in [2.75, 3.05) is 25.0 Å². The molecule has 0 atom stereocenters. The number of pyridine rings is 2. The lowest BCUT2D eigenvalue weighted by atomic mass is 10.0. The lowest BCUT2D eigenvalue weighted by molar-refractivity contribution is 0.220. The quantitative estimate of drug-likeness (QED) is 0.379. The van der Waals surface area contributed by atoms with Gasteiger partial charge in [0, 0.05) is 49.3 Å². The monoisotopic (exact) mass is 483 g/mol. The first-order chi connectivity index (χ1) is 17.7. The summed E-state index contributed by atoms with van der Waals surface area (Å²) in [5.74, 6) is 1.69. The number of anilines is 1. The van der Waals surface area contributed by atoms with Gasteiger partial charge in [0.2, 0.25) is 5.95 Å². The van der Waals surface area contributed by atoms with E-state index in [1.54, 1.807) is 23.1 Å². The Hall–Kier alpha value is -3.98. The zero-order valence-corrected chi connectivity index (χ0v) is 20.3. The highest BCUT2D eigenvalue weighted by Crippen LogP contribution is 2.23. The van der Waals surface area contributed by atoms with Crippen LogP contribution >= 0.6 is 0 Å². The molecule has 1 aliphatic heterocycles. The van der Waals surface area contributed by atoms with Crippen LogP contribution in [0.15, 0.2) is 70.3 Å². The Morgan fingerprint density at radius 3 is 2.81 bits per heavy atom. The highest BCUT2D eigenvalue weighted by atomic mass is 16.3. The number of imidazole rings is 1. The maximum atomic E-state index is 13.0. The molecule has 0 bridgehead atoms. The molecule has 0 unspecified atom stereocenters. The number of nitrogens with one attached hydrogen (secondary N) is 1. The molecule has 1 saturated heterocycles. The average Bonchev–Trinajstić information content (AvgIpc) is 3.53. The van der Waals surface area contributed by atoms with E-state index >= 15 is 0 Å². The number of fused-ring (bicyclic) bond motifs is 2. The molecule has 9 heteroatoms. The maximum Gasteiger partial charge on any atom is 0.261 e. The van der Waals surface area contributed by atoms with Crippen molar-refractivity contribution in [1.82, 2.24) is 28.8 Å². The molecule has 5 aromatic heterocycles. The number of aromatic nitrogens is 5. The highest BCUT2D eigenvalue weighted by Gasteiger charge is 2.22. The van der Waals surface area contributed by atoms with Crippen LogP contribution in [-0.2, 0) is 13.0 Å². The predicted octanol–water partition coefficient (Wildman–Crippen LogP) is 3.51. The summed E-state index contributed by atoms with van der Waals surface area (Å²) in [5.41, 5.74) is 4.08. The zero-order chi connectivity index (χ0) is 24.5. The van der Waals surface area contributed by atoms with Crippen molar-refractivity contribution in [2.24, 2.45) is 0 Å². The third-order valence-electron chi connectivity index (χ3n) is 7.03. The molecule has 0 spiro atoms. The van der Waals surface area contributed by atoms with Gasteiger partial charge in [0.1, 0.15) is 16.9 Å². The first-order valence-electron chi connectivity index (χ1n) is 12.4. The lowest BCUT2D eigenvalue weighted by Gasteiger charge is -2.32. The first kappa shape index (κ1) is 22.5. The molecule has 1 fully saturated rings. The molecule has 0 saturated carbocycles. The average molecular weight is 484 g/mol. The molecular formula is C27H29N7O2. The van der Waals surface area contributed by atoms with Crippen molar-refractivity contribution in [3.63, 3.8) is 0 Å². The summed E-state index contributed by atoms with van der Waals surface area (Å²) < 4.78 is 9.31. The van der Waals surface area contributed by atoms with E-state index in [0.717, 1.165) is 66.6 Å². The molecule has 5 aromatic rings. The van der Waals surface area contributed by atoms with E-state index in [1.807, 2.05) is 49.4 Å². The summed E-state index contributed by atoms with van der Waals surface area (Å²) in [4.78, 5) is 29.4. The molecule has 0 amide bonds. The number of hydrogen-bond acceptors (Lipinski definition) is 7. The first-order valence-corrected chi connectivity index (χ1v) is 12.4. The van der Waals surface area contributed by atoms with Crippen LogP contribution in [0.2, 0.25) is 0 Å². The van der Waals surface area contributed by atoms with Crippen LogP contribution in [0.5, 0.6) is 0 Å². The van der Waals surface area contributed by atoms with Gasteiger partial charge in [-0.15, -0.1) is 0 Å². The van der Waals surface area contributed by atoms with Crippen LogP contribution in [0.4, 0.5) is 5.95 Å². The van der Waals surface area contributed by atoms with Crippen molar-refractivity contribution in [2.45, 2.75) is 38.8 Å². The molecule has 184 valence electrons. The predicted molar refractivity (Wildman–Crippen MR) is 138 cm³/mol. The summed E-state index contributed by atoms with van der Waals surface area (Å²) in [6, 6.07) is 13.7. The largest absolute Gasteiger partial charge is 0.467 e. The Bertz CT molecular complexity index is 1550. The van der Waals surface area contributed by atoms with Crippen molar-refractivity contribution in [3.05, 3.63) is 88.5 Å². The third kappa shape index (κ3) is 4.37. The number of piperidine rings is 1. The SMILES string of the molecule is Cc1nc2ccccn2c(=O)c1CCN1CCC(Nc2nc3cccnc3n2Cc2ccco2)CC1. The van der Waals surface area contributed by atoms with E-state index in [9.17, 15) is 4.79 Å². The third-order valence-corrected chi connectivity index (χ3v) is 7.03. The lowest BCUT2D eigenvalue weighted by Crippen LogP contribution is -2.41. The Labute approximate surface area is 208 Å². The molecule has 1 N–H and O–H groups in total. The van der Waals surface area contributed by atoms with E-state index in [1.165, 1.54) is 0 Å². The zero-order valence-electron chi connectivity index (χ0n) is 20.3. The molecule has 0 radical (unpaired) electrons. The Kier molecular flexibility index (Phi) is 5.98. The number of rotatable bonds is 7. The smallest absolute Gasteiger partial charge is 0.261 e. The number of nitrogens with zero attached hydrogens (tertiary/aromatic N) is 6. The number of furan rings is 1. The van der Waals surface area contributed by atoms with Crippen LogP contribution < -0.4 is 10.9 Å². The normalized spacial score (nSPS) is 15.1. The molecule has 9 nitrogen and oxygen atoms in total. The fourth-order valence-corrected chi connectivity index (χ4v) is 5.05. The van der Waals surface area contributed by atoms with E-state index in [-0.39, 0.29) is 5.56 Å². The van der Waals surface area contributed by atoms with Gasteiger partial charge in [-0.2, -0.15) is 0 Å². The Morgan fingerprint density at radius 1 is 1.08 bits per heavy atom. The van der Waals surface area contributed by atoms with Gasteiger partial charge in [-0.05, 0) is 62.6 Å². The Balaban J connectivity index is 1.11. The summed E-state index contributed by atoms with van der Waals surface area (Å²) in [5, 5.41) is 3.66. The number of hydrogen-bond donors (Lipinski definition) is 1. The van der Waals surface area contributed by atoms with Crippen LogP contribution in [0.1, 0.15) is 29.9 Å². The van der Waals surface area contributed by atoms with Gasteiger partial charge < -0.3 is 14.6 Å². The second-order valence-corrected chi connectivity index (χ2v) is 9.37. The topological polar surface area (TPSA) is 93.5 Å². The van der Waals surface area contributed by atoms with Crippen LogP contribution in [0.25, 0.3) is 16.8 Å². The molecule has 0 aliphatic carbocycles. The van der Waals surface area contributed by atoms with Crippen LogP contribution in [-0.4, -0.2) is 54.5 Å². The van der Waals surface area contributed by atoms with E-state index in [4.69, 9.17) is 9.40 Å². The number of likely N-dealkylation sites (tertiary alicyclic amines) is 1. The fourth-order valence-electron chi connectivity index (χ4n) is 5.05. The van der Waals surface area contributed by atoms with Crippen molar-refractivity contribution >= 4 is 22.8 Å². The molecule has 1 aliphatic rings. The minimum atomic E-state index is 0.0405. The van der Waals surface area contributed by atoms with Crippen LogP contribution in [0, 0.1) is 6.92 Å². The summed E-state index contributed by atoms with van der Waals surface area (Å²) in [6.45, 7) is 5.30.